The van der Waals surface area contributed by atoms with Crippen LogP contribution in [0.3, 0.4) is 0 Å². The van der Waals surface area contributed by atoms with Crippen LogP contribution in [0.2, 0.25) is 5.02 Å². The van der Waals surface area contributed by atoms with Gasteiger partial charge in [0, 0.05) is 10.7 Å². The minimum Gasteiger partial charge on any atom is -0.306 e. The molecular formula is C13H10BrClN2O. The van der Waals surface area contributed by atoms with E-state index in [9.17, 15) is 4.79 Å². The average molecular weight is 326 g/mol. The number of hydrogen-bond acceptors (Lipinski definition) is 2. The van der Waals surface area contributed by atoms with Crippen molar-refractivity contribution in [1.82, 2.24) is 4.98 Å². The topological polar surface area (TPSA) is 42.0 Å². The third-order valence-corrected chi connectivity index (χ3v) is 3.24. The molecule has 1 heterocycles. The number of aryl methyl sites for hydroxylation is 1. The van der Waals surface area contributed by atoms with E-state index in [1.54, 1.807) is 24.4 Å². The lowest BCUT2D eigenvalue weighted by Crippen LogP contribution is -2.14. The van der Waals surface area contributed by atoms with Crippen molar-refractivity contribution in [2.24, 2.45) is 0 Å². The highest BCUT2D eigenvalue weighted by Crippen LogP contribution is 2.22. The van der Waals surface area contributed by atoms with Crippen molar-refractivity contribution in [2.45, 2.75) is 6.92 Å². The molecule has 0 radical (unpaired) electrons. The van der Waals surface area contributed by atoms with Gasteiger partial charge < -0.3 is 5.32 Å². The average Bonchev–Trinajstić information content (AvgIpc) is 2.35. The first-order valence-electron chi connectivity index (χ1n) is 5.26. The van der Waals surface area contributed by atoms with E-state index in [-0.39, 0.29) is 5.91 Å². The van der Waals surface area contributed by atoms with E-state index in [0.717, 1.165) is 10.0 Å². The van der Waals surface area contributed by atoms with E-state index in [0.29, 0.717) is 16.4 Å². The third-order valence-electron chi connectivity index (χ3n) is 2.41. The maximum atomic E-state index is 12.1. The number of carbonyl (C=O) groups is 1. The van der Waals surface area contributed by atoms with Gasteiger partial charge in [-0.25, -0.2) is 4.98 Å². The van der Waals surface area contributed by atoms with E-state index in [4.69, 9.17) is 11.6 Å². The number of carbonyl (C=O) groups excluding carboxylic acids is 1. The van der Waals surface area contributed by atoms with Crippen LogP contribution in [-0.4, -0.2) is 10.9 Å². The Morgan fingerprint density at radius 3 is 2.89 bits per heavy atom. The number of amides is 1. The van der Waals surface area contributed by atoms with E-state index in [1.165, 1.54) is 0 Å². The zero-order valence-electron chi connectivity index (χ0n) is 9.58. The first kappa shape index (κ1) is 13.1. The highest BCUT2D eigenvalue weighted by molar-refractivity contribution is 9.10. The van der Waals surface area contributed by atoms with Gasteiger partial charge in [0.25, 0.3) is 5.91 Å². The van der Waals surface area contributed by atoms with Crippen molar-refractivity contribution in [1.29, 1.82) is 0 Å². The highest BCUT2D eigenvalue weighted by atomic mass is 79.9. The Kier molecular flexibility index (Phi) is 3.99. The summed E-state index contributed by atoms with van der Waals surface area (Å²) in [5.74, 6) is 0.265. The minimum absolute atomic E-state index is 0.275. The number of nitrogens with one attached hydrogen (secondary N) is 1. The molecule has 1 aromatic carbocycles. The predicted molar refractivity (Wildman–Crippen MR) is 76.1 cm³/mol. The van der Waals surface area contributed by atoms with Crippen molar-refractivity contribution in [3.05, 3.63) is 57.2 Å². The first-order valence-corrected chi connectivity index (χ1v) is 6.43. The monoisotopic (exact) mass is 324 g/mol. The molecule has 2 aromatic rings. The molecule has 0 saturated carbocycles. The van der Waals surface area contributed by atoms with Crippen LogP contribution in [0.5, 0.6) is 0 Å². The first-order chi connectivity index (χ1) is 8.58. The standard InChI is InChI=1S/C13H10BrClN2O/c1-8-3-2-6-16-12(8)17-13(18)10-7-9(14)4-5-11(10)15/h2-7H,1H3,(H,16,17,18). The number of hydrogen-bond donors (Lipinski definition) is 1. The number of nitrogens with zero attached hydrogens (tertiary/aromatic N) is 1. The second kappa shape index (κ2) is 5.50. The highest BCUT2D eigenvalue weighted by Gasteiger charge is 2.12. The van der Waals surface area contributed by atoms with Crippen LogP contribution in [0.4, 0.5) is 5.82 Å². The largest absolute Gasteiger partial charge is 0.306 e. The van der Waals surface area contributed by atoms with Crippen LogP contribution in [0, 0.1) is 6.92 Å². The van der Waals surface area contributed by atoms with Gasteiger partial charge in [-0.2, -0.15) is 0 Å². The fourth-order valence-electron chi connectivity index (χ4n) is 1.46. The lowest BCUT2D eigenvalue weighted by Gasteiger charge is -2.08. The van der Waals surface area contributed by atoms with Crippen molar-refractivity contribution in [3.8, 4) is 0 Å². The van der Waals surface area contributed by atoms with E-state index in [2.05, 4.69) is 26.2 Å². The van der Waals surface area contributed by atoms with Gasteiger partial charge in [0.2, 0.25) is 0 Å². The maximum Gasteiger partial charge on any atom is 0.258 e. The van der Waals surface area contributed by atoms with Crippen LogP contribution in [0.25, 0.3) is 0 Å². The number of aromatic nitrogens is 1. The minimum atomic E-state index is -0.275. The van der Waals surface area contributed by atoms with Crippen LogP contribution >= 0.6 is 27.5 Å². The summed E-state index contributed by atoms with van der Waals surface area (Å²) in [6.07, 6.45) is 1.63. The summed E-state index contributed by atoms with van der Waals surface area (Å²) >= 11 is 9.31. The Morgan fingerprint density at radius 2 is 2.17 bits per heavy atom. The summed E-state index contributed by atoms with van der Waals surface area (Å²) in [6, 6.07) is 8.83. The molecule has 0 aliphatic heterocycles. The molecule has 0 spiro atoms. The van der Waals surface area contributed by atoms with Gasteiger partial charge in [0.15, 0.2) is 0 Å². The SMILES string of the molecule is Cc1cccnc1NC(=O)c1cc(Br)ccc1Cl. The Bertz CT molecular complexity index is 601. The van der Waals surface area contributed by atoms with Gasteiger partial charge in [-0.15, -0.1) is 0 Å². The summed E-state index contributed by atoms with van der Waals surface area (Å²) in [4.78, 5) is 16.2. The molecule has 3 nitrogen and oxygen atoms in total. The third kappa shape index (κ3) is 2.89. The van der Waals surface area contributed by atoms with Crippen molar-refractivity contribution < 1.29 is 4.79 Å². The molecule has 2 rings (SSSR count). The van der Waals surface area contributed by atoms with Crippen LogP contribution in [0.1, 0.15) is 15.9 Å². The summed E-state index contributed by atoms with van der Waals surface area (Å²) in [7, 11) is 0. The summed E-state index contributed by atoms with van der Waals surface area (Å²) in [6.45, 7) is 1.88. The van der Waals surface area contributed by atoms with Crippen molar-refractivity contribution in [2.75, 3.05) is 5.32 Å². The van der Waals surface area contributed by atoms with Gasteiger partial charge in [0.1, 0.15) is 5.82 Å². The molecule has 0 aliphatic rings. The molecule has 0 fully saturated rings. The lowest BCUT2D eigenvalue weighted by atomic mass is 10.2. The van der Waals surface area contributed by atoms with E-state index < -0.39 is 0 Å². The fraction of sp³-hybridized carbons (Fsp3) is 0.0769. The molecular weight excluding hydrogens is 316 g/mol. The Hall–Kier alpha value is -1.39. The van der Waals surface area contributed by atoms with E-state index in [1.807, 2.05) is 19.1 Å². The molecule has 0 unspecified atom stereocenters. The van der Waals surface area contributed by atoms with Gasteiger partial charge >= 0.3 is 0 Å². The Balaban J connectivity index is 2.28. The van der Waals surface area contributed by atoms with E-state index >= 15 is 0 Å². The molecule has 0 aliphatic carbocycles. The van der Waals surface area contributed by atoms with Gasteiger partial charge in [-0.05, 0) is 36.8 Å². The molecule has 0 bridgehead atoms. The Labute approximate surface area is 118 Å². The van der Waals surface area contributed by atoms with Gasteiger partial charge in [-0.3, -0.25) is 4.79 Å². The number of benzene rings is 1. The van der Waals surface area contributed by atoms with Gasteiger partial charge in [-0.1, -0.05) is 33.6 Å². The Morgan fingerprint density at radius 1 is 1.39 bits per heavy atom. The number of rotatable bonds is 2. The summed E-state index contributed by atoms with van der Waals surface area (Å²) in [5.41, 5.74) is 1.31. The summed E-state index contributed by atoms with van der Waals surface area (Å²) < 4.78 is 0.801. The zero-order chi connectivity index (χ0) is 13.1. The molecule has 0 saturated heterocycles. The second-order valence-electron chi connectivity index (χ2n) is 3.75. The van der Waals surface area contributed by atoms with Crippen molar-refractivity contribution >= 4 is 39.3 Å². The summed E-state index contributed by atoms with van der Waals surface area (Å²) in [5, 5.41) is 3.15. The number of pyridine rings is 1. The normalized spacial score (nSPS) is 10.2. The molecule has 92 valence electrons. The van der Waals surface area contributed by atoms with Crippen molar-refractivity contribution in [3.63, 3.8) is 0 Å². The predicted octanol–water partition coefficient (Wildman–Crippen LogP) is 4.06. The quantitative estimate of drug-likeness (QED) is 0.905. The van der Waals surface area contributed by atoms with Gasteiger partial charge in [0.05, 0.1) is 10.6 Å². The molecule has 1 N–H and O–H groups in total. The maximum absolute atomic E-state index is 12.1. The molecule has 18 heavy (non-hydrogen) atoms. The van der Waals surface area contributed by atoms with Crippen LogP contribution in [-0.2, 0) is 0 Å². The molecule has 1 aromatic heterocycles. The second-order valence-corrected chi connectivity index (χ2v) is 5.07. The van der Waals surface area contributed by atoms with Crippen LogP contribution in [0.15, 0.2) is 41.0 Å². The molecule has 5 heteroatoms. The zero-order valence-corrected chi connectivity index (χ0v) is 11.9. The smallest absolute Gasteiger partial charge is 0.258 e. The lowest BCUT2D eigenvalue weighted by molar-refractivity contribution is 0.102. The number of anilines is 1. The molecule has 1 amide bonds. The fourth-order valence-corrected chi connectivity index (χ4v) is 2.03. The van der Waals surface area contributed by atoms with Crippen LogP contribution < -0.4 is 5.32 Å². The molecule has 0 atom stereocenters. The number of halogens is 2.